The highest BCUT2D eigenvalue weighted by atomic mass is 16.1. The second kappa shape index (κ2) is 4.05. The molecule has 0 bridgehead atoms. The van der Waals surface area contributed by atoms with Crippen molar-refractivity contribution in [3.63, 3.8) is 0 Å². The van der Waals surface area contributed by atoms with Crippen molar-refractivity contribution in [1.82, 2.24) is 0 Å². The van der Waals surface area contributed by atoms with Gasteiger partial charge in [0, 0.05) is 6.42 Å². The lowest BCUT2D eigenvalue weighted by Gasteiger charge is -2.09. The topological polar surface area (TPSA) is 17.1 Å². The molecule has 63 valence electrons. The Hall–Kier alpha value is -1.11. The van der Waals surface area contributed by atoms with Gasteiger partial charge >= 0.3 is 0 Å². The molecule has 1 radical (unpaired) electrons. The second-order valence-electron chi connectivity index (χ2n) is 3.17. The van der Waals surface area contributed by atoms with E-state index in [2.05, 4.69) is 19.9 Å². The standard InChI is InChI=1S/C11H13O/c1-9(2)11-6-4-3-5-10(11)7-8-12/h3-6,9H,7H2,1-2H3. The molecule has 0 atom stereocenters. The summed E-state index contributed by atoms with van der Waals surface area (Å²) in [6.07, 6.45) is 2.34. The number of carbonyl (C=O) groups excluding carboxylic acids is 1. The summed E-state index contributed by atoms with van der Waals surface area (Å²) in [5.41, 5.74) is 2.35. The lowest BCUT2D eigenvalue weighted by Crippen LogP contribution is -1.96. The molecule has 0 heterocycles. The van der Waals surface area contributed by atoms with Crippen molar-refractivity contribution in [1.29, 1.82) is 0 Å². The summed E-state index contributed by atoms with van der Waals surface area (Å²) in [4.78, 5) is 10.2. The van der Waals surface area contributed by atoms with Crippen LogP contribution < -0.4 is 0 Å². The molecule has 1 nitrogen and oxygen atoms in total. The van der Waals surface area contributed by atoms with E-state index in [1.807, 2.05) is 24.5 Å². The van der Waals surface area contributed by atoms with Crippen molar-refractivity contribution in [2.24, 2.45) is 0 Å². The fourth-order valence-corrected chi connectivity index (χ4v) is 1.34. The Morgan fingerprint density at radius 3 is 2.58 bits per heavy atom. The van der Waals surface area contributed by atoms with Crippen LogP contribution >= 0.6 is 0 Å². The SMILES string of the molecule is CC(C)c1ccccc1C[C]=O. The highest BCUT2D eigenvalue weighted by Crippen LogP contribution is 2.18. The van der Waals surface area contributed by atoms with Crippen LogP contribution in [0.25, 0.3) is 0 Å². The van der Waals surface area contributed by atoms with E-state index in [0.717, 1.165) is 5.56 Å². The number of rotatable bonds is 3. The maximum absolute atomic E-state index is 10.2. The maximum atomic E-state index is 10.2. The molecular formula is C11H13O. The lowest BCUT2D eigenvalue weighted by atomic mass is 9.96. The molecule has 0 aliphatic carbocycles. The second-order valence-corrected chi connectivity index (χ2v) is 3.17. The van der Waals surface area contributed by atoms with Crippen molar-refractivity contribution in [2.75, 3.05) is 0 Å². The first-order chi connectivity index (χ1) is 5.75. The summed E-state index contributed by atoms with van der Waals surface area (Å²) in [6, 6.07) is 8.01. The first-order valence-electron chi connectivity index (χ1n) is 4.18. The molecule has 0 aliphatic rings. The summed E-state index contributed by atoms with van der Waals surface area (Å²) in [5.74, 6) is 0.481. The minimum absolute atomic E-state index is 0.411. The summed E-state index contributed by atoms with van der Waals surface area (Å²) in [5, 5.41) is 0. The maximum Gasteiger partial charge on any atom is 0.203 e. The molecule has 0 saturated carbocycles. The van der Waals surface area contributed by atoms with Gasteiger partial charge in [0.25, 0.3) is 0 Å². The minimum atomic E-state index is 0.411. The van der Waals surface area contributed by atoms with E-state index in [9.17, 15) is 4.79 Å². The molecule has 0 saturated heterocycles. The molecule has 0 aromatic heterocycles. The largest absolute Gasteiger partial charge is 0.291 e. The Labute approximate surface area is 73.4 Å². The highest BCUT2D eigenvalue weighted by Gasteiger charge is 2.04. The van der Waals surface area contributed by atoms with Gasteiger partial charge in [0.15, 0.2) is 0 Å². The predicted molar refractivity (Wildman–Crippen MR) is 49.9 cm³/mol. The average molecular weight is 161 g/mol. The number of hydrogen-bond acceptors (Lipinski definition) is 1. The molecule has 0 aliphatic heterocycles. The molecule has 0 spiro atoms. The van der Waals surface area contributed by atoms with Gasteiger partial charge in [-0.3, -0.25) is 4.79 Å². The molecule has 1 aromatic carbocycles. The van der Waals surface area contributed by atoms with Crippen LogP contribution in [0.15, 0.2) is 24.3 Å². The van der Waals surface area contributed by atoms with Crippen LogP contribution in [0.4, 0.5) is 0 Å². The van der Waals surface area contributed by atoms with E-state index in [0.29, 0.717) is 12.3 Å². The molecule has 1 aromatic rings. The average Bonchev–Trinajstić information content (AvgIpc) is 2.05. The van der Waals surface area contributed by atoms with E-state index in [4.69, 9.17) is 0 Å². The summed E-state index contributed by atoms with van der Waals surface area (Å²) < 4.78 is 0. The minimum Gasteiger partial charge on any atom is -0.291 e. The fraction of sp³-hybridized carbons (Fsp3) is 0.364. The Morgan fingerprint density at radius 2 is 2.00 bits per heavy atom. The molecule has 12 heavy (non-hydrogen) atoms. The summed E-state index contributed by atoms with van der Waals surface area (Å²) in [6.45, 7) is 4.26. The van der Waals surface area contributed by atoms with Gasteiger partial charge in [-0.05, 0) is 17.0 Å². The zero-order chi connectivity index (χ0) is 8.97. The van der Waals surface area contributed by atoms with Crippen LogP contribution in [0.2, 0.25) is 0 Å². The van der Waals surface area contributed by atoms with Gasteiger partial charge < -0.3 is 0 Å². The van der Waals surface area contributed by atoms with Crippen molar-refractivity contribution >= 4 is 6.29 Å². The molecule has 0 amide bonds. The van der Waals surface area contributed by atoms with Gasteiger partial charge in [0.05, 0.1) is 0 Å². The third-order valence-corrected chi connectivity index (χ3v) is 1.94. The normalized spacial score (nSPS) is 10.2. The summed E-state index contributed by atoms with van der Waals surface area (Å²) in [7, 11) is 0. The molecule has 0 N–H and O–H groups in total. The quantitative estimate of drug-likeness (QED) is 0.665. The van der Waals surface area contributed by atoms with Gasteiger partial charge in [-0.15, -0.1) is 0 Å². The Balaban J connectivity index is 2.99. The third kappa shape index (κ3) is 1.94. The molecule has 1 heteroatoms. The lowest BCUT2D eigenvalue weighted by molar-refractivity contribution is 0.555. The van der Waals surface area contributed by atoms with E-state index >= 15 is 0 Å². The van der Waals surface area contributed by atoms with Gasteiger partial charge in [-0.25, -0.2) is 0 Å². The van der Waals surface area contributed by atoms with E-state index in [-0.39, 0.29) is 0 Å². The van der Waals surface area contributed by atoms with Crippen LogP contribution in [0.5, 0.6) is 0 Å². The molecule has 0 unspecified atom stereocenters. The Bertz CT molecular complexity index is 263. The van der Waals surface area contributed by atoms with Gasteiger partial charge in [-0.1, -0.05) is 38.1 Å². The van der Waals surface area contributed by atoms with Crippen LogP contribution in [0.1, 0.15) is 30.9 Å². The van der Waals surface area contributed by atoms with Crippen LogP contribution in [-0.4, -0.2) is 6.29 Å². The first-order valence-corrected chi connectivity index (χ1v) is 4.18. The zero-order valence-corrected chi connectivity index (χ0v) is 7.50. The fourth-order valence-electron chi connectivity index (χ4n) is 1.34. The van der Waals surface area contributed by atoms with Crippen molar-refractivity contribution in [2.45, 2.75) is 26.2 Å². The first kappa shape index (κ1) is 8.98. The Morgan fingerprint density at radius 1 is 1.33 bits per heavy atom. The monoisotopic (exact) mass is 161 g/mol. The number of hydrogen-bond donors (Lipinski definition) is 0. The van der Waals surface area contributed by atoms with Crippen molar-refractivity contribution in [3.05, 3.63) is 35.4 Å². The zero-order valence-electron chi connectivity index (χ0n) is 7.50. The number of benzene rings is 1. The van der Waals surface area contributed by atoms with Crippen LogP contribution in [-0.2, 0) is 11.2 Å². The van der Waals surface area contributed by atoms with Gasteiger partial charge in [-0.2, -0.15) is 0 Å². The van der Waals surface area contributed by atoms with Crippen molar-refractivity contribution in [3.8, 4) is 0 Å². The van der Waals surface area contributed by atoms with E-state index < -0.39 is 0 Å². The van der Waals surface area contributed by atoms with E-state index in [1.165, 1.54) is 5.56 Å². The molecule has 0 fully saturated rings. The highest BCUT2D eigenvalue weighted by molar-refractivity contribution is 5.57. The van der Waals surface area contributed by atoms with Crippen molar-refractivity contribution < 1.29 is 4.79 Å². The third-order valence-electron chi connectivity index (χ3n) is 1.94. The van der Waals surface area contributed by atoms with Crippen LogP contribution in [0.3, 0.4) is 0 Å². The van der Waals surface area contributed by atoms with Gasteiger partial charge in [0.1, 0.15) is 0 Å². The molecule has 1 rings (SSSR count). The van der Waals surface area contributed by atoms with E-state index in [1.54, 1.807) is 0 Å². The predicted octanol–water partition coefficient (Wildman–Crippen LogP) is 2.46. The van der Waals surface area contributed by atoms with Crippen LogP contribution in [0, 0.1) is 0 Å². The smallest absolute Gasteiger partial charge is 0.203 e. The Kier molecular flexibility index (Phi) is 3.03. The summed E-state index contributed by atoms with van der Waals surface area (Å²) >= 11 is 0. The van der Waals surface area contributed by atoms with Gasteiger partial charge in [0.2, 0.25) is 6.29 Å². The molecular weight excluding hydrogens is 148 g/mol.